The van der Waals surface area contributed by atoms with Gasteiger partial charge in [-0.15, -0.1) is 0 Å². The zero-order valence-electron chi connectivity index (χ0n) is 10.7. The van der Waals surface area contributed by atoms with Crippen molar-refractivity contribution in [2.45, 2.75) is 38.5 Å². The highest BCUT2D eigenvalue weighted by atomic mass is 16.5. The van der Waals surface area contributed by atoms with Crippen molar-refractivity contribution in [2.75, 3.05) is 19.6 Å². The molecule has 0 saturated carbocycles. The molecule has 1 aliphatic rings. The molecule has 1 heterocycles. The van der Waals surface area contributed by atoms with E-state index in [1.54, 1.807) is 5.48 Å². The Bertz CT molecular complexity index is 276. The zero-order chi connectivity index (χ0) is 13.4. The number of amides is 2. The summed E-state index contributed by atoms with van der Waals surface area (Å²) in [6.07, 6.45) is 4.55. The van der Waals surface area contributed by atoms with E-state index < -0.39 is 0 Å². The predicted molar refractivity (Wildman–Crippen MR) is 66.8 cm³/mol. The lowest BCUT2D eigenvalue weighted by Crippen LogP contribution is -2.39. The summed E-state index contributed by atoms with van der Waals surface area (Å²) >= 11 is 0. The van der Waals surface area contributed by atoms with Crippen LogP contribution in [-0.4, -0.2) is 41.6 Å². The Morgan fingerprint density at radius 3 is 2.50 bits per heavy atom. The predicted octanol–water partition coefficient (Wildman–Crippen LogP) is 0.250. The van der Waals surface area contributed by atoms with Crippen molar-refractivity contribution in [3.63, 3.8) is 0 Å². The molecular formula is C12H23N3O3. The van der Waals surface area contributed by atoms with Gasteiger partial charge < -0.3 is 10.6 Å². The molecule has 104 valence electrons. The molecule has 4 N–H and O–H groups in total. The lowest BCUT2D eigenvalue weighted by molar-refractivity contribution is -0.132. The van der Waals surface area contributed by atoms with E-state index >= 15 is 0 Å². The van der Waals surface area contributed by atoms with Crippen molar-refractivity contribution in [2.24, 2.45) is 11.7 Å². The Hall–Kier alpha value is -1.14. The summed E-state index contributed by atoms with van der Waals surface area (Å²) in [4.78, 5) is 24.3. The summed E-state index contributed by atoms with van der Waals surface area (Å²) in [6.45, 7) is 2.01. The highest BCUT2D eigenvalue weighted by molar-refractivity contribution is 5.76. The van der Waals surface area contributed by atoms with Crippen LogP contribution in [0.3, 0.4) is 0 Å². The van der Waals surface area contributed by atoms with Crippen molar-refractivity contribution in [1.29, 1.82) is 0 Å². The topological polar surface area (TPSA) is 95.7 Å². The Morgan fingerprint density at radius 1 is 1.28 bits per heavy atom. The van der Waals surface area contributed by atoms with Crippen molar-refractivity contribution in [3.8, 4) is 0 Å². The number of hydroxylamine groups is 1. The van der Waals surface area contributed by atoms with Gasteiger partial charge in [0.1, 0.15) is 0 Å². The first-order valence-electron chi connectivity index (χ1n) is 6.58. The van der Waals surface area contributed by atoms with E-state index in [4.69, 9.17) is 10.9 Å². The lowest BCUT2D eigenvalue weighted by atomic mass is 9.91. The van der Waals surface area contributed by atoms with E-state index in [2.05, 4.69) is 0 Å². The maximum absolute atomic E-state index is 11.6. The first-order valence-corrected chi connectivity index (χ1v) is 6.58. The number of carbonyl (C=O) groups is 2. The van der Waals surface area contributed by atoms with Gasteiger partial charge in [0, 0.05) is 32.5 Å². The molecule has 0 aliphatic carbocycles. The van der Waals surface area contributed by atoms with Crippen LogP contribution < -0.4 is 11.2 Å². The SMILES string of the molecule is NCCC(=O)N1CCC(CCCC(=O)NO)CC1. The summed E-state index contributed by atoms with van der Waals surface area (Å²) in [7, 11) is 0. The minimum atomic E-state index is -0.328. The second-order valence-electron chi connectivity index (χ2n) is 4.79. The summed E-state index contributed by atoms with van der Waals surface area (Å²) in [5.74, 6) is 0.402. The summed E-state index contributed by atoms with van der Waals surface area (Å²) < 4.78 is 0. The molecule has 0 radical (unpaired) electrons. The molecule has 6 nitrogen and oxygen atoms in total. The molecule has 1 aliphatic heterocycles. The normalized spacial score (nSPS) is 16.7. The number of piperidine rings is 1. The molecule has 6 heteroatoms. The number of likely N-dealkylation sites (tertiary alicyclic amines) is 1. The minimum absolute atomic E-state index is 0.149. The summed E-state index contributed by atoms with van der Waals surface area (Å²) in [6, 6.07) is 0. The number of carbonyl (C=O) groups excluding carboxylic acids is 2. The van der Waals surface area contributed by atoms with Crippen molar-refractivity contribution in [1.82, 2.24) is 10.4 Å². The van der Waals surface area contributed by atoms with Crippen LogP contribution in [0.25, 0.3) is 0 Å². The van der Waals surface area contributed by atoms with E-state index in [9.17, 15) is 9.59 Å². The van der Waals surface area contributed by atoms with E-state index in [1.165, 1.54) is 0 Å². The lowest BCUT2D eigenvalue weighted by Gasteiger charge is -2.32. The molecule has 1 fully saturated rings. The number of hydrogen-bond donors (Lipinski definition) is 3. The van der Waals surface area contributed by atoms with Gasteiger partial charge in [0.05, 0.1) is 0 Å². The zero-order valence-corrected chi connectivity index (χ0v) is 10.7. The molecular weight excluding hydrogens is 234 g/mol. The Balaban J connectivity index is 2.15. The first kappa shape index (κ1) is 14.9. The summed E-state index contributed by atoms with van der Waals surface area (Å²) in [5.41, 5.74) is 7.00. The number of hydrogen-bond acceptors (Lipinski definition) is 4. The van der Waals surface area contributed by atoms with Gasteiger partial charge in [-0.1, -0.05) is 0 Å². The average Bonchev–Trinajstić information content (AvgIpc) is 2.39. The molecule has 0 atom stereocenters. The molecule has 0 aromatic carbocycles. The van der Waals surface area contributed by atoms with Gasteiger partial charge >= 0.3 is 0 Å². The smallest absolute Gasteiger partial charge is 0.243 e. The average molecular weight is 257 g/mol. The fourth-order valence-electron chi connectivity index (χ4n) is 2.36. The molecule has 0 aromatic heterocycles. The van der Waals surface area contributed by atoms with Gasteiger partial charge in [0.25, 0.3) is 0 Å². The summed E-state index contributed by atoms with van der Waals surface area (Å²) in [5, 5.41) is 8.36. The largest absolute Gasteiger partial charge is 0.343 e. The highest BCUT2D eigenvalue weighted by Crippen LogP contribution is 2.22. The molecule has 18 heavy (non-hydrogen) atoms. The van der Waals surface area contributed by atoms with Crippen LogP contribution in [0, 0.1) is 5.92 Å². The van der Waals surface area contributed by atoms with Crippen LogP contribution in [0.15, 0.2) is 0 Å². The Morgan fingerprint density at radius 2 is 1.94 bits per heavy atom. The standard InChI is InChI=1S/C12H23N3O3/c13-7-4-12(17)15-8-5-10(6-9-15)2-1-3-11(16)14-18/h10,18H,1-9,13H2,(H,14,16). The van der Waals surface area contributed by atoms with Gasteiger partial charge in [-0.2, -0.15) is 0 Å². The number of rotatable bonds is 6. The van der Waals surface area contributed by atoms with Gasteiger partial charge in [0.2, 0.25) is 11.8 Å². The van der Waals surface area contributed by atoms with Crippen molar-refractivity contribution >= 4 is 11.8 Å². The van der Waals surface area contributed by atoms with Gasteiger partial charge in [0.15, 0.2) is 0 Å². The van der Waals surface area contributed by atoms with Crippen LogP contribution >= 0.6 is 0 Å². The molecule has 0 spiro atoms. The van der Waals surface area contributed by atoms with Crippen molar-refractivity contribution in [3.05, 3.63) is 0 Å². The number of nitrogens with zero attached hydrogens (tertiary/aromatic N) is 1. The van der Waals surface area contributed by atoms with Crippen LogP contribution in [0.2, 0.25) is 0 Å². The van der Waals surface area contributed by atoms with Gasteiger partial charge in [-0.05, 0) is 31.6 Å². The fourth-order valence-corrected chi connectivity index (χ4v) is 2.36. The monoisotopic (exact) mass is 257 g/mol. The van der Waals surface area contributed by atoms with E-state index in [1.807, 2.05) is 4.90 Å². The van der Waals surface area contributed by atoms with Crippen LogP contribution in [0.5, 0.6) is 0 Å². The third-order valence-electron chi connectivity index (χ3n) is 3.47. The Kier molecular flexibility index (Phi) is 6.67. The second kappa shape index (κ2) is 8.05. The molecule has 1 rings (SSSR count). The van der Waals surface area contributed by atoms with Crippen LogP contribution in [0.1, 0.15) is 38.5 Å². The quantitative estimate of drug-likeness (QED) is 0.469. The molecule has 0 bridgehead atoms. The molecule has 1 saturated heterocycles. The molecule has 0 unspecified atom stereocenters. The molecule has 0 aromatic rings. The minimum Gasteiger partial charge on any atom is -0.343 e. The van der Waals surface area contributed by atoms with E-state index in [0.717, 1.165) is 38.8 Å². The maximum atomic E-state index is 11.6. The third kappa shape index (κ3) is 5.01. The van der Waals surface area contributed by atoms with E-state index in [-0.39, 0.29) is 11.8 Å². The number of nitrogens with one attached hydrogen (secondary N) is 1. The van der Waals surface area contributed by atoms with Crippen LogP contribution in [0.4, 0.5) is 0 Å². The molecule has 2 amide bonds. The second-order valence-corrected chi connectivity index (χ2v) is 4.79. The van der Waals surface area contributed by atoms with E-state index in [0.29, 0.717) is 25.3 Å². The maximum Gasteiger partial charge on any atom is 0.243 e. The van der Waals surface area contributed by atoms with Gasteiger partial charge in [-0.25, -0.2) is 5.48 Å². The number of nitrogens with two attached hydrogens (primary N) is 1. The highest BCUT2D eigenvalue weighted by Gasteiger charge is 2.21. The first-order chi connectivity index (χ1) is 8.67. The Labute approximate surface area is 107 Å². The van der Waals surface area contributed by atoms with Gasteiger partial charge in [-0.3, -0.25) is 14.8 Å². The van der Waals surface area contributed by atoms with Crippen LogP contribution in [-0.2, 0) is 9.59 Å². The van der Waals surface area contributed by atoms with Crippen molar-refractivity contribution < 1.29 is 14.8 Å². The third-order valence-corrected chi connectivity index (χ3v) is 3.47. The fraction of sp³-hybridized carbons (Fsp3) is 0.833.